The standard InChI is InChI=1S/C47H56N2O4/c1-6-10-14-18-30(19-15-11-7-2)48-44(50)35-25-22-32-33-23-26-37-42-38(47(53)49(46(37)52)31(20-16-12-8-3)21-17-13-9-4)28-29(5)39(43(33)42)34-24-27-36(45(48)51)41(35)40(32)34/h22-28,30-31H,6-21H2,1-5H3. The quantitative estimate of drug-likeness (QED) is 0.0392. The summed E-state index contributed by atoms with van der Waals surface area (Å²) in [5.74, 6) is -0.769. The van der Waals surface area contributed by atoms with Crippen LogP contribution in [0.1, 0.15) is 177 Å². The maximum absolute atomic E-state index is 14.5. The first-order valence-electron chi connectivity index (χ1n) is 20.7. The molecule has 6 heteroatoms. The van der Waals surface area contributed by atoms with E-state index in [1.807, 2.05) is 49.4 Å². The topological polar surface area (TPSA) is 74.8 Å². The zero-order valence-corrected chi connectivity index (χ0v) is 32.5. The van der Waals surface area contributed by atoms with E-state index in [-0.39, 0.29) is 35.7 Å². The number of carbonyl (C=O) groups is 4. The van der Waals surface area contributed by atoms with E-state index in [1.54, 1.807) is 9.80 Å². The predicted molar refractivity (Wildman–Crippen MR) is 218 cm³/mol. The molecule has 2 aliphatic rings. The van der Waals surface area contributed by atoms with Crippen LogP contribution in [0.5, 0.6) is 0 Å². The zero-order valence-electron chi connectivity index (χ0n) is 32.5. The fraction of sp³-hybridized carbons (Fsp3) is 0.489. The molecule has 53 heavy (non-hydrogen) atoms. The van der Waals surface area contributed by atoms with Gasteiger partial charge in [0.05, 0.1) is 0 Å². The number of nitrogens with zero attached hydrogens (tertiary/aromatic N) is 2. The van der Waals surface area contributed by atoms with Crippen molar-refractivity contribution < 1.29 is 19.2 Å². The predicted octanol–water partition coefficient (Wildman–Crippen LogP) is 12.3. The number of fused-ring (bicyclic) bond motifs is 2. The maximum Gasteiger partial charge on any atom is 0.261 e. The minimum atomic E-state index is -0.194. The van der Waals surface area contributed by atoms with Crippen LogP contribution < -0.4 is 0 Å². The number of rotatable bonds is 18. The number of aryl methyl sites for hydroxylation is 1. The van der Waals surface area contributed by atoms with Crippen molar-refractivity contribution in [3.8, 4) is 0 Å². The van der Waals surface area contributed by atoms with Gasteiger partial charge in [-0.2, -0.15) is 0 Å². The van der Waals surface area contributed by atoms with Crippen molar-refractivity contribution in [2.45, 2.75) is 149 Å². The van der Waals surface area contributed by atoms with Gasteiger partial charge in [-0.05, 0) is 94.8 Å². The Hall–Kier alpha value is -4.32. The number of hydrogen-bond acceptors (Lipinski definition) is 4. The molecule has 0 radical (unpaired) electrons. The fourth-order valence-electron chi connectivity index (χ4n) is 9.60. The van der Waals surface area contributed by atoms with E-state index in [0.29, 0.717) is 22.3 Å². The number of carbonyl (C=O) groups excluding carboxylic acids is 4. The maximum atomic E-state index is 14.5. The van der Waals surface area contributed by atoms with Crippen molar-refractivity contribution >= 4 is 66.7 Å². The van der Waals surface area contributed by atoms with Gasteiger partial charge in [-0.3, -0.25) is 29.0 Å². The third kappa shape index (κ3) is 6.20. The Morgan fingerprint density at radius 1 is 0.415 bits per heavy atom. The minimum Gasteiger partial charge on any atom is -0.271 e. The van der Waals surface area contributed by atoms with Crippen molar-refractivity contribution in [2.75, 3.05) is 0 Å². The third-order valence-corrected chi connectivity index (χ3v) is 12.3. The minimum absolute atomic E-state index is 0.116. The Kier molecular flexibility index (Phi) is 10.9. The molecule has 0 saturated heterocycles. The number of benzene rings is 5. The molecular weight excluding hydrogens is 657 g/mol. The summed E-state index contributed by atoms with van der Waals surface area (Å²) in [7, 11) is 0. The van der Waals surface area contributed by atoms with Crippen molar-refractivity contribution in [1.82, 2.24) is 9.80 Å². The molecule has 0 atom stereocenters. The molecule has 0 fully saturated rings. The van der Waals surface area contributed by atoms with Crippen LogP contribution >= 0.6 is 0 Å². The number of unbranched alkanes of at least 4 members (excludes halogenated alkanes) is 8. The average molecular weight is 713 g/mol. The number of amides is 4. The van der Waals surface area contributed by atoms with Crippen molar-refractivity contribution in [2.24, 2.45) is 0 Å². The summed E-state index contributed by atoms with van der Waals surface area (Å²) in [6.45, 7) is 10.8. The summed E-state index contributed by atoms with van der Waals surface area (Å²) in [5, 5.41) is 7.10. The van der Waals surface area contributed by atoms with Gasteiger partial charge in [-0.15, -0.1) is 0 Å². The molecular formula is C47H56N2O4. The lowest BCUT2D eigenvalue weighted by Crippen LogP contribution is -2.47. The van der Waals surface area contributed by atoms with Crippen molar-refractivity contribution in [1.29, 1.82) is 0 Å². The Morgan fingerprint density at radius 3 is 1.19 bits per heavy atom. The lowest BCUT2D eigenvalue weighted by atomic mass is 9.80. The van der Waals surface area contributed by atoms with Gasteiger partial charge in [0.25, 0.3) is 23.6 Å². The SMILES string of the molecule is CCCCCC(CCCCC)N1C(=O)c2ccc3c4ccc5c6c(cc(C)c(c7ccc(c2c37)C1=O)c64)C(=O)N(C(CCCCC)CCCCC)C5=O. The average Bonchev–Trinajstić information content (AvgIpc) is 3.15. The molecule has 0 N–H and O–H groups in total. The van der Waals surface area contributed by atoms with Crippen molar-refractivity contribution in [3.05, 3.63) is 70.3 Å². The highest BCUT2D eigenvalue weighted by atomic mass is 16.2. The molecule has 0 unspecified atom stereocenters. The van der Waals surface area contributed by atoms with Gasteiger partial charge >= 0.3 is 0 Å². The second kappa shape index (κ2) is 15.6. The lowest BCUT2D eigenvalue weighted by molar-refractivity contribution is 0.0501. The summed E-state index contributed by atoms with van der Waals surface area (Å²) in [4.78, 5) is 61.0. The molecule has 6 nitrogen and oxygen atoms in total. The summed E-state index contributed by atoms with van der Waals surface area (Å²) >= 11 is 0. The number of imide groups is 2. The largest absolute Gasteiger partial charge is 0.271 e. The first kappa shape index (κ1) is 37.0. The summed E-state index contributed by atoms with van der Waals surface area (Å²) in [6.07, 6.45) is 16.0. The Balaban J connectivity index is 1.37. The van der Waals surface area contributed by atoms with E-state index in [4.69, 9.17) is 0 Å². The van der Waals surface area contributed by atoms with E-state index >= 15 is 0 Å². The molecule has 4 amide bonds. The van der Waals surface area contributed by atoms with Crippen LogP contribution in [0.25, 0.3) is 43.1 Å². The van der Waals surface area contributed by atoms with Crippen LogP contribution in [0, 0.1) is 6.92 Å². The van der Waals surface area contributed by atoms with Gasteiger partial charge in [-0.1, -0.05) is 123 Å². The van der Waals surface area contributed by atoms with Crippen LogP contribution in [0.3, 0.4) is 0 Å². The first-order valence-corrected chi connectivity index (χ1v) is 20.7. The molecule has 7 rings (SSSR count). The Bertz CT molecular complexity index is 2170. The Morgan fingerprint density at radius 2 is 0.774 bits per heavy atom. The van der Waals surface area contributed by atoms with Gasteiger partial charge in [0.15, 0.2) is 0 Å². The molecule has 2 aliphatic heterocycles. The lowest BCUT2D eigenvalue weighted by Gasteiger charge is -2.36. The van der Waals surface area contributed by atoms with Gasteiger partial charge in [0, 0.05) is 45.1 Å². The van der Waals surface area contributed by atoms with Crippen LogP contribution in [0.4, 0.5) is 0 Å². The first-order chi connectivity index (χ1) is 25.8. The molecule has 278 valence electrons. The van der Waals surface area contributed by atoms with Gasteiger partial charge < -0.3 is 0 Å². The van der Waals surface area contributed by atoms with Crippen LogP contribution in [-0.2, 0) is 0 Å². The fourth-order valence-corrected chi connectivity index (χ4v) is 9.60. The van der Waals surface area contributed by atoms with Crippen LogP contribution in [0.15, 0.2) is 42.5 Å². The highest BCUT2D eigenvalue weighted by molar-refractivity contribution is 6.41. The number of hydrogen-bond donors (Lipinski definition) is 0. The van der Waals surface area contributed by atoms with E-state index in [0.717, 1.165) is 151 Å². The smallest absolute Gasteiger partial charge is 0.261 e. The zero-order chi connectivity index (χ0) is 37.4. The molecule has 5 aromatic carbocycles. The van der Waals surface area contributed by atoms with Crippen molar-refractivity contribution in [3.63, 3.8) is 0 Å². The van der Waals surface area contributed by atoms with E-state index in [1.165, 1.54) is 0 Å². The van der Waals surface area contributed by atoms with Gasteiger partial charge in [-0.25, -0.2) is 0 Å². The molecule has 5 aromatic rings. The second-order valence-electron chi connectivity index (χ2n) is 15.8. The monoisotopic (exact) mass is 712 g/mol. The van der Waals surface area contributed by atoms with Crippen LogP contribution in [0.2, 0.25) is 0 Å². The Labute approximate surface area is 314 Å². The van der Waals surface area contributed by atoms with E-state index in [9.17, 15) is 19.2 Å². The van der Waals surface area contributed by atoms with Crippen LogP contribution in [-0.4, -0.2) is 45.5 Å². The second-order valence-corrected chi connectivity index (χ2v) is 15.8. The highest BCUT2D eigenvalue weighted by Gasteiger charge is 2.40. The normalized spacial score (nSPS) is 14.6. The molecule has 0 saturated carbocycles. The highest BCUT2D eigenvalue weighted by Crippen LogP contribution is 2.48. The summed E-state index contributed by atoms with van der Waals surface area (Å²) in [5.41, 5.74) is 3.31. The molecule has 0 bridgehead atoms. The third-order valence-electron chi connectivity index (χ3n) is 12.3. The molecule has 2 heterocycles. The summed E-state index contributed by atoms with van der Waals surface area (Å²) < 4.78 is 0. The van der Waals surface area contributed by atoms with Gasteiger partial charge in [0.1, 0.15) is 0 Å². The van der Waals surface area contributed by atoms with E-state index in [2.05, 4.69) is 27.7 Å². The molecule has 0 spiro atoms. The van der Waals surface area contributed by atoms with Gasteiger partial charge in [0.2, 0.25) is 0 Å². The van der Waals surface area contributed by atoms with E-state index < -0.39 is 0 Å². The summed E-state index contributed by atoms with van der Waals surface area (Å²) in [6, 6.07) is 13.6. The molecule has 0 aliphatic carbocycles. The molecule has 0 aromatic heterocycles.